The Bertz CT molecular complexity index is 1910. The number of carbonyl (C=O) groups is 5. The lowest BCUT2D eigenvalue weighted by atomic mass is 10.1. The van der Waals surface area contributed by atoms with Gasteiger partial charge in [-0.25, -0.2) is 4.90 Å². The molecule has 0 atom stereocenters. The molecule has 3 N–H and O–H groups in total. The second-order valence-corrected chi connectivity index (χ2v) is 14.1. The van der Waals surface area contributed by atoms with Crippen LogP contribution in [0.2, 0.25) is 5.02 Å². The Morgan fingerprint density at radius 2 is 1.27 bits per heavy atom. The molecule has 3 aromatic rings. The molecule has 59 heavy (non-hydrogen) atoms. The normalized spacial score (nSPS) is 14.7. The maximum Gasteiger partial charge on any atom is 0.257 e. The van der Waals surface area contributed by atoms with Crippen LogP contribution >= 0.6 is 11.6 Å². The van der Waals surface area contributed by atoms with Crippen molar-refractivity contribution >= 4 is 58.2 Å². The third kappa shape index (κ3) is 13.3. The molecule has 5 amide bonds. The van der Waals surface area contributed by atoms with Crippen molar-refractivity contribution in [3.05, 3.63) is 76.3 Å². The zero-order valence-electron chi connectivity index (χ0n) is 33.6. The van der Waals surface area contributed by atoms with Gasteiger partial charge in [0.15, 0.2) is 0 Å². The molecule has 2 aliphatic heterocycles. The predicted molar refractivity (Wildman–Crippen MR) is 221 cm³/mol. The number of hydrogen-bond donors (Lipinski definition) is 3. The van der Waals surface area contributed by atoms with E-state index in [0.29, 0.717) is 45.2 Å². The summed E-state index contributed by atoms with van der Waals surface area (Å²) in [4.78, 5) is 71.2. The number of imide groups is 1. The Morgan fingerprint density at radius 1 is 0.729 bits per heavy atom. The Hall–Kier alpha value is -5.46. The molecule has 5 rings (SSSR count). The van der Waals surface area contributed by atoms with Gasteiger partial charge in [0.2, 0.25) is 5.91 Å². The first-order valence-electron chi connectivity index (χ1n) is 19.4. The van der Waals surface area contributed by atoms with Crippen molar-refractivity contribution in [2.24, 2.45) is 10.2 Å². The van der Waals surface area contributed by atoms with Gasteiger partial charge in [0.05, 0.1) is 57.0 Å². The highest BCUT2D eigenvalue weighted by molar-refractivity contribution is 6.32. The van der Waals surface area contributed by atoms with Gasteiger partial charge in [-0.1, -0.05) is 11.6 Å². The monoisotopic (exact) mass is 834 g/mol. The number of benzene rings is 3. The summed E-state index contributed by atoms with van der Waals surface area (Å²) in [5.41, 5.74) is 1.47. The van der Waals surface area contributed by atoms with Gasteiger partial charge < -0.3 is 34.9 Å². The lowest BCUT2D eigenvalue weighted by Crippen LogP contribution is -2.38. The van der Waals surface area contributed by atoms with E-state index in [1.807, 2.05) is 0 Å². The van der Waals surface area contributed by atoms with E-state index < -0.39 is 24.3 Å². The zero-order valence-corrected chi connectivity index (χ0v) is 34.3. The maximum absolute atomic E-state index is 13.4. The Morgan fingerprint density at radius 3 is 1.78 bits per heavy atom. The maximum atomic E-state index is 13.4. The zero-order chi connectivity index (χ0) is 42.1. The van der Waals surface area contributed by atoms with E-state index in [1.54, 1.807) is 0 Å². The van der Waals surface area contributed by atoms with Gasteiger partial charge in [-0.15, -0.1) is 0 Å². The second kappa shape index (κ2) is 22.6. The second-order valence-electron chi connectivity index (χ2n) is 13.7. The van der Waals surface area contributed by atoms with E-state index in [9.17, 15) is 24.0 Å². The van der Waals surface area contributed by atoms with Gasteiger partial charge in [-0.2, -0.15) is 10.2 Å². The van der Waals surface area contributed by atoms with E-state index in [-0.39, 0.29) is 56.4 Å². The molecule has 3 aromatic carbocycles. The minimum Gasteiger partial charge on any atom is -0.495 e. The van der Waals surface area contributed by atoms with Crippen LogP contribution in [0, 0.1) is 0 Å². The molecule has 0 saturated carbocycles. The van der Waals surface area contributed by atoms with Crippen molar-refractivity contribution in [1.82, 2.24) is 20.4 Å². The number of hydrogen-bond acceptors (Lipinski definition) is 13. The Balaban J connectivity index is 1.22. The van der Waals surface area contributed by atoms with Crippen LogP contribution in [-0.4, -0.2) is 139 Å². The molecule has 0 aromatic heterocycles. The minimum atomic E-state index is -0.676. The molecule has 0 spiro atoms. The third-order valence-electron chi connectivity index (χ3n) is 9.58. The van der Waals surface area contributed by atoms with Crippen LogP contribution in [0.4, 0.5) is 17.1 Å². The Kier molecular flexibility index (Phi) is 17.1. The number of ether oxygens (including phenoxy) is 4. The van der Waals surface area contributed by atoms with Gasteiger partial charge in [0.1, 0.15) is 18.0 Å². The highest BCUT2D eigenvalue weighted by Crippen LogP contribution is 2.38. The van der Waals surface area contributed by atoms with Crippen LogP contribution in [0.3, 0.4) is 0 Å². The van der Waals surface area contributed by atoms with Gasteiger partial charge in [-0.3, -0.25) is 33.8 Å². The number of azo groups is 1. The van der Waals surface area contributed by atoms with Gasteiger partial charge in [0, 0.05) is 80.7 Å². The van der Waals surface area contributed by atoms with Crippen LogP contribution < -0.4 is 30.3 Å². The van der Waals surface area contributed by atoms with Crippen LogP contribution in [0.1, 0.15) is 50.8 Å². The molecule has 17 nitrogen and oxygen atoms in total. The first-order valence-corrected chi connectivity index (χ1v) is 19.8. The smallest absolute Gasteiger partial charge is 0.257 e. The molecule has 0 aliphatic carbocycles. The number of carbonyl (C=O) groups excluding carboxylic acids is 5. The lowest BCUT2D eigenvalue weighted by Gasteiger charge is -2.26. The number of nitrogens with one attached hydrogen (secondary N) is 3. The fourth-order valence-corrected chi connectivity index (χ4v) is 6.69. The van der Waals surface area contributed by atoms with E-state index in [2.05, 4.69) is 36.0 Å². The standard InChI is InChI=1S/C41H51ClN8O9/c1-28(51)50(35-26-36(56-2)34(42)25-37(35)57-3)38(52)27-45-47-32-8-6-29(7-9-32)41(55)46-33-23-30(39(53)43-10-4-12-48-14-18-58-19-15-48)22-31(24-33)40(54)44-11-5-13-49-16-20-59-21-17-49/h6-9,22-26H,4-5,10-21,27H2,1-3H3,(H,43,53)(H,44,54)(H,46,55). The summed E-state index contributed by atoms with van der Waals surface area (Å²) in [6, 6.07) is 13.6. The summed E-state index contributed by atoms with van der Waals surface area (Å²) < 4.78 is 21.4. The number of methoxy groups -OCH3 is 2. The predicted octanol–water partition coefficient (Wildman–Crippen LogP) is 4.18. The molecule has 0 unspecified atom stereocenters. The molecule has 2 saturated heterocycles. The molecule has 0 bridgehead atoms. The van der Waals surface area contributed by atoms with E-state index >= 15 is 0 Å². The van der Waals surface area contributed by atoms with Crippen molar-refractivity contribution in [3.63, 3.8) is 0 Å². The summed E-state index contributed by atoms with van der Waals surface area (Å²) in [5.74, 6) is -2.05. The average Bonchev–Trinajstić information content (AvgIpc) is 3.24. The molecule has 0 radical (unpaired) electrons. The quantitative estimate of drug-likeness (QED) is 0.123. The largest absolute Gasteiger partial charge is 0.495 e. The van der Waals surface area contributed by atoms with Crippen LogP contribution in [-0.2, 0) is 19.1 Å². The average molecular weight is 835 g/mol. The number of amides is 5. The van der Waals surface area contributed by atoms with E-state index in [1.165, 1.54) is 75.7 Å². The van der Waals surface area contributed by atoms with E-state index in [0.717, 1.165) is 57.0 Å². The number of nitrogens with zero attached hydrogens (tertiary/aromatic N) is 5. The molecule has 2 aliphatic rings. The van der Waals surface area contributed by atoms with Gasteiger partial charge in [-0.05, 0) is 68.4 Å². The SMILES string of the molecule is COc1cc(N(C(C)=O)C(=O)CN=Nc2ccc(C(=O)Nc3cc(C(=O)NCCCN4CCOCC4)cc(C(=O)NCCCN4CCOCC4)c3)cc2)c(OC)cc1Cl. The minimum absolute atomic E-state index is 0.134. The van der Waals surface area contributed by atoms with Crippen molar-refractivity contribution in [2.45, 2.75) is 19.8 Å². The number of rotatable bonds is 18. The molecular weight excluding hydrogens is 784 g/mol. The summed E-state index contributed by atoms with van der Waals surface area (Å²) in [6.45, 7) is 9.49. The van der Waals surface area contributed by atoms with Gasteiger partial charge >= 0.3 is 0 Å². The Labute approximate surface area is 348 Å². The lowest BCUT2D eigenvalue weighted by molar-refractivity contribution is -0.124. The molecule has 2 heterocycles. The first kappa shape index (κ1) is 44.6. The molecule has 18 heteroatoms. The summed E-state index contributed by atoms with van der Waals surface area (Å²) in [5, 5.41) is 17.0. The number of morpholine rings is 2. The number of anilines is 2. The summed E-state index contributed by atoms with van der Waals surface area (Å²) >= 11 is 6.19. The van der Waals surface area contributed by atoms with Crippen LogP contribution in [0.15, 0.2) is 64.8 Å². The first-order chi connectivity index (χ1) is 28.6. The van der Waals surface area contributed by atoms with Crippen molar-refractivity contribution in [3.8, 4) is 11.5 Å². The fraction of sp³-hybridized carbons (Fsp3) is 0.439. The molecule has 2 fully saturated rings. The van der Waals surface area contributed by atoms with E-state index in [4.69, 9.17) is 30.5 Å². The summed E-state index contributed by atoms with van der Waals surface area (Å²) in [7, 11) is 2.79. The highest BCUT2D eigenvalue weighted by atomic mass is 35.5. The number of halogens is 1. The molecular formula is C41H51ClN8O9. The topological polar surface area (TPSA) is 193 Å². The van der Waals surface area contributed by atoms with Crippen LogP contribution in [0.5, 0.6) is 11.5 Å². The molecule has 316 valence electrons. The van der Waals surface area contributed by atoms with Gasteiger partial charge in [0.25, 0.3) is 23.6 Å². The summed E-state index contributed by atoms with van der Waals surface area (Å²) in [6.07, 6.45) is 1.49. The third-order valence-corrected chi connectivity index (χ3v) is 9.87. The highest BCUT2D eigenvalue weighted by Gasteiger charge is 2.25. The van der Waals surface area contributed by atoms with Crippen molar-refractivity contribution < 1.29 is 42.9 Å². The fourth-order valence-electron chi connectivity index (χ4n) is 6.45. The van der Waals surface area contributed by atoms with Crippen molar-refractivity contribution in [1.29, 1.82) is 0 Å². The van der Waals surface area contributed by atoms with Crippen LogP contribution in [0.25, 0.3) is 0 Å². The van der Waals surface area contributed by atoms with Crippen molar-refractivity contribution in [2.75, 3.05) is 110 Å².